The molecule has 4 fully saturated rings. The first kappa shape index (κ1) is 21.8. The van der Waals surface area contributed by atoms with Crippen LogP contribution in [0.5, 0.6) is 11.5 Å². The Kier molecular flexibility index (Phi) is 5.12. The van der Waals surface area contributed by atoms with E-state index >= 15 is 0 Å². The molecule has 0 spiro atoms. The quantitative estimate of drug-likeness (QED) is 0.375. The number of carbonyl (C=O) groups excluding carboxylic acids is 4. The number of esters is 1. The Hall–Kier alpha value is -3.68. The van der Waals surface area contributed by atoms with E-state index in [1.54, 1.807) is 36.4 Å². The highest BCUT2D eigenvalue weighted by Crippen LogP contribution is 2.56. The Labute approximate surface area is 202 Å². The van der Waals surface area contributed by atoms with Gasteiger partial charge in [-0.15, -0.1) is 0 Å². The molecule has 4 aliphatic rings. The van der Waals surface area contributed by atoms with Crippen LogP contribution in [-0.4, -0.2) is 37.3 Å². The van der Waals surface area contributed by atoms with Crippen molar-refractivity contribution in [2.24, 2.45) is 29.6 Å². The van der Waals surface area contributed by atoms with Crippen molar-refractivity contribution in [1.82, 2.24) is 0 Å². The lowest BCUT2D eigenvalue weighted by molar-refractivity contribution is -0.139. The number of para-hydroxylation sites is 2. The zero-order valence-corrected chi connectivity index (χ0v) is 19.4. The molecule has 2 heterocycles. The van der Waals surface area contributed by atoms with Crippen LogP contribution in [0.25, 0.3) is 0 Å². The van der Waals surface area contributed by atoms with E-state index in [1.807, 2.05) is 12.1 Å². The molecule has 0 unspecified atom stereocenters. The van der Waals surface area contributed by atoms with Crippen molar-refractivity contribution in [3.63, 3.8) is 0 Å². The Morgan fingerprint density at radius 3 is 2.37 bits per heavy atom. The van der Waals surface area contributed by atoms with Crippen molar-refractivity contribution in [1.29, 1.82) is 0 Å². The smallest absolute Gasteiger partial charge is 0.316 e. The number of rotatable bonds is 5. The summed E-state index contributed by atoms with van der Waals surface area (Å²) in [4.78, 5) is 54.7. The molecule has 2 bridgehead atoms. The Bertz CT molecular complexity index is 1210. The van der Waals surface area contributed by atoms with Crippen molar-refractivity contribution >= 4 is 35.1 Å². The summed E-state index contributed by atoms with van der Waals surface area (Å²) in [6.45, 7) is 0.187. The number of methoxy groups -OCH3 is 1. The molecule has 2 aromatic rings. The van der Waals surface area contributed by atoms with Crippen molar-refractivity contribution in [2.75, 3.05) is 23.5 Å². The third-order valence-corrected chi connectivity index (χ3v) is 8.06. The molecule has 0 N–H and O–H groups in total. The van der Waals surface area contributed by atoms with Gasteiger partial charge in [0, 0.05) is 19.0 Å². The normalized spacial score (nSPS) is 29.2. The van der Waals surface area contributed by atoms with Gasteiger partial charge in [0.05, 0.1) is 36.2 Å². The second-order valence-electron chi connectivity index (χ2n) is 9.89. The van der Waals surface area contributed by atoms with Crippen molar-refractivity contribution in [3.05, 3.63) is 48.5 Å². The number of amides is 3. The van der Waals surface area contributed by atoms with E-state index in [4.69, 9.17) is 9.47 Å². The van der Waals surface area contributed by atoms with Crippen molar-refractivity contribution in [2.45, 2.75) is 25.7 Å². The predicted molar refractivity (Wildman–Crippen MR) is 126 cm³/mol. The van der Waals surface area contributed by atoms with Crippen LogP contribution in [0.2, 0.25) is 0 Å². The molecule has 2 saturated heterocycles. The summed E-state index contributed by atoms with van der Waals surface area (Å²) in [6, 6.07) is 13.7. The largest absolute Gasteiger partial charge is 0.495 e. The molecule has 8 heteroatoms. The lowest BCUT2D eigenvalue weighted by atomic mass is 9.81. The molecule has 180 valence electrons. The summed E-state index contributed by atoms with van der Waals surface area (Å²) >= 11 is 0. The van der Waals surface area contributed by atoms with Gasteiger partial charge in [-0.3, -0.25) is 19.2 Å². The van der Waals surface area contributed by atoms with Crippen LogP contribution in [0.1, 0.15) is 25.7 Å². The van der Waals surface area contributed by atoms with E-state index in [2.05, 4.69) is 0 Å². The molecule has 2 saturated carbocycles. The van der Waals surface area contributed by atoms with Gasteiger partial charge < -0.3 is 14.4 Å². The fraction of sp³-hybridized carbons (Fsp3) is 0.407. The average Bonchev–Trinajstić information content (AvgIpc) is 3.62. The van der Waals surface area contributed by atoms with E-state index in [0.717, 1.165) is 19.3 Å². The van der Waals surface area contributed by atoms with E-state index in [9.17, 15) is 19.2 Å². The SMILES string of the molecule is COc1ccccc1N1C[C@H](C(=O)Oc2cccc(N3C(=O)[C@@H]4[C@H]5CC[C@@H](C5)[C@H]4C3=O)c2)CC1=O. The first-order valence-electron chi connectivity index (χ1n) is 12.1. The number of imide groups is 1. The molecule has 3 amide bonds. The van der Waals surface area contributed by atoms with Crippen LogP contribution >= 0.6 is 0 Å². The van der Waals surface area contributed by atoms with Gasteiger partial charge in [-0.05, 0) is 55.4 Å². The highest BCUT2D eigenvalue weighted by molar-refractivity contribution is 6.22. The predicted octanol–water partition coefficient (Wildman–Crippen LogP) is 3.19. The molecular weight excluding hydrogens is 448 g/mol. The number of benzene rings is 2. The molecular formula is C27H26N2O6. The molecule has 8 nitrogen and oxygen atoms in total. The molecule has 2 aromatic carbocycles. The third kappa shape index (κ3) is 3.42. The number of carbonyl (C=O) groups is 4. The van der Waals surface area contributed by atoms with Crippen LogP contribution in [0.4, 0.5) is 11.4 Å². The minimum absolute atomic E-state index is 0.0335. The van der Waals surface area contributed by atoms with Crippen LogP contribution in [0, 0.1) is 29.6 Å². The zero-order chi connectivity index (χ0) is 24.3. The van der Waals surface area contributed by atoms with Crippen LogP contribution in [-0.2, 0) is 19.2 Å². The Morgan fingerprint density at radius 1 is 0.943 bits per heavy atom. The number of fused-ring (bicyclic) bond motifs is 5. The van der Waals surface area contributed by atoms with Crippen molar-refractivity contribution < 1.29 is 28.7 Å². The van der Waals surface area contributed by atoms with Crippen molar-refractivity contribution in [3.8, 4) is 11.5 Å². The van der Waals surface area contributed by atoms with E-state index in [0.29, 0.717) is 29.0 Å². The maximum Gasteiger partial charge on any atom is 0.316 e. The summed E-state index contributed by atoms with van der Waals surface area (Å²) in [5.74, 6) is -0.623. The van der Waals surface area contributed by atoms with Gasteiger partial charge in [-0.2, -0.15) is 0 Å². The molecule has 6 rings (SSSR count). The highest BCUT2D eigenvalue weighted by atomic mass is 16.5. The van der Waals surface area contributed by atoms with Gasteiger partial charge in [0.15, 0.2) is 0 Å². The van der Waals surface area contributed by atoms with E-state index < -0.39 is 11.9 Å². The number of nitrogens with zero attached hydrogens (tertiary/aromatic N) is 2. The minimum Gasteiger partial charge on any atom is -0.495 e. The van der Waals surface area contributed by atoms with E-state index in [-0.39, 0.29) is 48.3 Å². The number of ether oxygens (including phenoxy) is 2. The average molecular weight is 475 g/mol. The van der Waals surface area contributed by atoms with Gasteiger partial charge in [0.2, 0.25) is 17.7 Å². The van der Waals surface area contributed by atoms with E-state index in [1.165, 1.54) is 16.9 Å². The van der Waals surface area contributed by atoms with Crippen LogP contribution in [0.15, 0.2) is 48.5 Å². The van der Waals surface area contributed by atoms with Gasteiger partial charge in [-0.1, -0.05) is 18.2 Å². The molecule has 0 aromatic heterocycles. The summed E-state index contributed by atoms with van der Waals surface area (Å²) < 4.78 is 11.0. The molecule has 5 atom stereocenters. The topological polar surface area (TPSA) is 93.2 Å². The Balaban J connectivity index is 1.17. The van der Waals surface area contributed by atoms with Gasteiger partial charge >= 0.3 is 5.97 Å². The summed E-state index contributed by atoms with van der Waals surface area (Å²) in [7, 11) is 1.53. The maximum absolute atomic E-state index is 13.1. The second-order valence-corrected chi connectivity index (χ2v) is 9.89. The number of hydrogen-bond donors (Lipinski definition) is 0. The van der Waals surface area contributed by atoms with Gasteiger partial charge in [0.1, 0.15) is 11.5 Å². The van der Waals surface area contributed by atoms with Crippen LogP contribution < -0.4 is 19.3 Å². The fourth-order valence-corrected chi connectivity index (χ4v) is 6.50. The Morgan fingerprint density at radius 2 is 1.66 bits per heavy atom. The maximum atomic E-state index is 13.1. The lowest BCUT2D eigenvalue weighted by Gasteiger charge is -2.19. The highest BCUT2D eigenvalue weighted by Gasteiger charge is 2.61. The zero-order valence-electron chi connectivity index (χ0n) is 19.4. The second kappa shape index (κ2) is 8.22. The standard InChI is InChI=1S/C27H26N2O6/c1-34-21-8-3-2-7-20(21)28-14-17(12-22(28)30)27(33)35-19-6-4-5-18(13-19)29-25(31)23-15-9-10-16(11-15)24(23)26(29)32/h2-8,13,15-17,23-24H,9-12,14H2,1H3/t15-,16-,17+,23+,24+/m0/s1. The molecule has 0 radical (unpaired) electrons. The molecule has 2 aliphatic heterocycles. The molecule has 2 aliphatic carbocycles. The van der Waals surface area contributed by atoms with Gasteiger partial charge in [-0.25, -0.2) is 4.90 Å². The summed E-state index contributed by atoms with van der Waals surface area (Å²) in [6.07, 6.45) is 3.04. The summed E-state index contributed by atoms with van der Waals surface area (Å²) in [5, 5.41) is 0. The van der Waals surface area contributed by atoms with Gasteiger partial charge in [0.25, 0.3) is 0 Å². The minimum atomic E-state index is -0.638. The lowest BCUT2D eigenvalue weighted by Crippen LogP contribution is -2.32. The van der Waals surface area contributed by atoms with Crippen LogP contribution in [0.3, 0.4) is 0 Å². The molecule has 35 heavy (non-hydrogen) atoms. The first-order chi connectivity index (χ1) is 17.0. The number of hydrogen-bond acceptors (Lipinski definition) is 6. The monoisotopic (exact) mass is 474 g/mol. The first-order valence-corrected chi connectivity index (χ1v) is 12.1. The fourth-order valence-electron chi connectivity index (χ4n) is 6.50. The summed E-state index contributed by atoms with van der Waals surface area (Å²) in [5.41, 5.74) is 1.04. The number of anilines is 2. The third-order valence-electron chi connectivity index (χ3n) is 8.06.